The first-order valence-electron chi connectivity index (χ1n) is 5.71. The van der Waals surface area contributed by atoms with Gasteiger partial charge in [-0.1, -0.05) is 0 Å². The van der Waals surface area contributed by atoms with Crippen LogP contribution in [-0.2, 0) is 23.7 Å². The van der Waals surface area contributed by atoms with Crippen molar-refractivity contribution in [1.82, 2.24) is 0 Å². The van der Waals surface area contributed by atoms with E-state index < -0.39 is 5.97 Å². The van der Waals surface area contributed by atoms with E-state index in [9.17, 15) is 4.79 Å². The Balaban J connectivity index is 1.87. The molecule has 0 radical (unpaired) electrons. The first-order chi connectivity index (χ1) is 7.58. The summed E-state index contributed by atoms with van der Waals surface area (Å²) in [5, 5.41) is 0. The van der Waals surface area contributed by atoms with Gasteiger partial charge in [0.2, 0.25) is 0 Å². The molecule has 5 heteroatoms. The number of ether oxygens (including phenoxy) is 4. The lowest BCUT2D eigenvalue weighted by Gasteiger charge is -2.35. The van der Waals surface area contributed by atoms with E-state index in [1.165, 1.54) is 0 Å². The van der Waals surface area contributed by atoms with Gasteiger partial charge in [-0.05, 0) is 13.8 Å². The molecule has 2 aliphatic heterocycles. The number of hydrogen-bond donors (Lipinski definition) is 0. The quantitative estimate of drug-likeness (QED) is 0.679. The van der Waals surface area contributed by atoms with Gasteiger partial charge < -0.3 is 18.9 Å². The van der Waals surface area contributed by atoms with Crippen LogP contribution in [-0.4, -0.2) is 37.4 Å². The highest BCUT2D eigenvalue weighted by molar-refractivity contribution is 5.69. The lowest BCUT2D eigenvalue weighted by molar-refractivity contribution is -0.369. The van der Waals surface area contributed by atoms with Crippen LogP contribution in [0.5, 0.6) is 0 Å². The fourth-order valence-electron chi connectivity index (χ4n) is 2.00. The lowest BCUT2D eigenvalue weighted by Crippen LogP contribution is -2.43. The highest BCUT2D eigenvalue weighted by atomic mass is 16.9. The first-order valence-corrected chi connectivity index (χ1v) is 5.71. The van der Waals surface area contributed by atoms with Gasteiger partial charge in [-0.25, -0.2) is 0 Å². The zero-order valence-corrected chi connectivity index (χ0v) is 9.78. The van der Waals surface area contributed by atoms with E-state index in [1.54, 1.807) is 6.92 Å². The minimum Gasteiger partial charge on any atom is -0.466 e. The van der Waals surface area contributed by atoms with Gasteiger partial charge in [0.05, 0.1) is 31.8 Å². The van der Waals surface area contributed by atoms with Crippen LogP contribution in [0.2, 0.25) is 0 Å². The number of carbonyl (C=O) groups is 1. The Morgan fingerprint density at radius 1 is 1.44 bits per heavy atom. The standard InChI is InChI=1S/C11H18O5/c1-3-13-9(12)4-5-11-14-7-6-10(2,16-11)8-15-11/h3-8H2,1-2H3/t10-,11+/m0/s1. The second-order valence-corrected chi connectivity index (χ2v) is 4.43. The lowest BCUT2D eigenvalue weighted by atomic mass is 10.0. The molecule has 2 atom stereocenters. The van der Waals surface area contributed by atoms with Crippen LogP contribution in [0.3, 0.4) is 0 Å². The van der Waals surface area contributed by atoms with Crippen molar-refractivity contribution in [1.29, 1.82) is 0 Å². The molecule has 0 unspecified atom stereocenters. The average molecular weight is 230 g/mol. The predicted molar refractivity (Wildman–Crippen MR) is 54.6 cm³/mol. The van der Waals surface area contributed by atoms with Gasteiger partial charge >= 0.3 is 5.97 Å². The number of hydrogen-bond acceptors (Lipinski definition) is 5. The molecule has 0 N–H and O–H groups in total. The van der Waals surface area contributed by atoms with Gasteiger partial charge in [0.15, 0.2) is 0 Å². The zero-order chi connectivity index (χ0) is 11.6. The van der Waals surface area contributed by atoms with Gasteiger partial charge in [-0.2, -0.15) is 0 Å². The molecule has 2 bridgehead atoms. The van der Waals surface area contributed by atoms with Crippen molar-refractivity contribution < 1.29 is 23.7 Å². The highest BCUT2D eigenvalue weighted by Gasteiger charge is 2.52. The third-order valence-electron chi connectivity index (χ3n) is 2.89. The third-order valence-corrected chi connectivity index (χ3v) is 2.89. The first kappa shape index (κ1) is 11.8. The van der Waals surface area contributed by atoms with E-state index in [0.29, 0.717) is 26.2 Å². The van der Waals surface area contributed by atoms with Crippen LogP contribution >= 0.6 is 0 Å². The maximum Gasteiger partial charge on any atom is 0.306 e. The van der Waals surface area contributed by atoms with Crippen LogP contribution in [0.15, 0.2) is 0 Å². The molecule has 2 rings (SSSR count). The van der Waals surface area contributed by atoms with Crippen LogP contribution in [0.1, 0.15) is 33.1 Å². The molecule has 2 fully saturated rings. The SMILES string of the molecule is CCOC(=O)CC[C@@]12OCC[C@@](C)(CO1)O2. The van der Waals surface area contributed by atoms with Gasteiger partial charge in [-0.15, -0.1) is 0 Å². The second-order valence-electron chi connectivity index (χ2n) is 4.43. The minimum absolute atomic E-state index is 0.244. The molecule has 92 valence electrons. The van der Waals surface area contributed by atoms with E-state index in [2.05, 4.69) is 0 Å². The summed E-state index contributed by atoms with van der Waals surface area (Å²) < 4.78 is 21.6. The molecular formula is C11H18O5. The Kier molecular flexibility index (Phi) is 3.19. The fourth-order valence-corrected chi connectivity index (χ4v) is 2.00. The average Bonchev–Trinajstić information content (AvgIpc) is 2.48. The van der Waals surface area contributed by atoms with Gasteiger partial charge in [0.25, 0.3) is 5.97 Å². The molecule has 0 aromatic heterocycles. The number of carbonyl (C=O) groups excluding carboxylic acids is 1. The van der Waals surface area contributed by atoms with Crippen molar-refractivity contribution in [2.24, 2.45) is 0 Å². The smallest absolute Gasteiger partial charge is 0.306 e. The summed E-state index contributed by atoms with van der Waals surface area (Å²) in [6, 6.07) is 0. The summed E-state index contributed by atoms with van der Waals surface area (Å²) in [4.78, 5) is 11.2. The molecule has 2 heterocycles. The summed E-state index contributed by atoms with van der Waals surface area (Å²) in [7, 11) is 0. The summed E-state index contributed by atoms with van der Waals surface area (Å²) in [6.45, 7) is 5.32. The van der Waals surface area contributed by atoms with E-state index in [0.717, 1.165) is 6.42 Å². The van der Waals surface area contributed by atoms with Crippen LogP contribution < -0.4 is 0 Å². The monoisotopic (exact) mass is 230 g/mol. The minimum atomic E-state index is -1.01. The zero-order valence-electron chi connectivity index (χ0n) is 9.78. The van der Waals surface area contributed by atoms with Crippen molar-refractivity contribution in [2.45, 2.75) is 44.7 Å². The molecule has 16 heavy (non-hydrogen) atoms. The molecule has 0 aliphatic carbocycles. The summed E-state index contributed by atoms with van der Waals surface area (Å²) in [5.41, 5.74) is -0.257. The fraction of sp³-hybridized carbons (Fsp3) is 0.909. The molecule has 5 nitrogen and oxygen atoms in total. The molecule has 2 saturated heterocycles. The van der Waals surface area contributed by atoms with Crippen molar-refractivity contribution >= 4 is 5.97 Å². The molecule has 0 aromatic carbocycles. The van der Waals surface area contributed by atoms with Crippen molar-refractivity contribution in [3.8, 4) is 0 Å². The Labute approximate surface area is 95.0 Å². The Bertz CT molecular complexity index is 280. The maximum atomic E-state index is 11.2. The van der Waals surface area contributed by atoms with Gasteiger partial charge in [0.1, 0.15) is 0 Å². The molecule has 0 spiro atoms. The molecule has 0 amide bonds. The molecule has 0 saturated carbocycles. The molecule has 0 aromatic rings. The van der Waals surface area contributed by atoms with Crippen LogP contribution in [0, 0.1) is 0 Å². The Morgan fingerprint density at radius 3 is 3.00 bits per heavy atom. The number of rotatable bonds is 4. The summed E-state index contributed by atoms with van der Waals surface area (Å²) >= 11 is 0. The highest BCUT2D eigenvalue weighted by Crippen LogP contribution is 2.41. The van der Waals surface area contributed by atoms with Crippen molar-refractivity contribution in [3.63, 3.8) is 0 Å². The maximum absolute atomic E-state index is 11.2. The van der Waals surface area contributed by atoms with E-state index in [1.807, 2.05) is 6.92 Å². The largest absolute Gasteiger partial charge is 0.466 e. The van der Waals surface area contributed by atoms with Crippen LogP contribution in [0.4, 0.5) is 0 Å². The summed E-state index contributed by atoms with van der Waals surface area (Å²) in [5.74, 6) is -1.26. The van der Waals surface area contributed by atoms with Crippen molar-refractivity contribution in [2.75, 3.05) is 19.8 Å². The normalized spacial score (nSPS) is 37.4. The van der Waals surface area contributed by atoms with Crippen LogP contribution in [0.25, 0.3) is 0 Å². The van der Waals surface area contributed by atoms with E-state index in [4.69, 9.17) is 18.9 Å². The van der Waals surface area contributed by atoms with Gasteiger partial charge in [0, 0.05) is 12.8 Å². The van der Waals surface area contributed by atoms with Gasteiger partial charge in [-0.3, -0.25) is 4.79 Å². The van der Waals surface area contributed by atoms with Crippen molar-refractivity contribution in [3.05, 3.63) is 0 Å². The third kappa shape index (κ3) is 2.36. The predicted octanol–water partition coefficient (Wildman–Crippen LogP) is 1.21. The number of esters is 1. The Hall–Kier alpha value is -0.650. The van der Waals surface area contributed by atoms with E-state index in [-0.39, 0.29) is 18.0 Å². The Morgan fingerprint density at radius 2 is 2.25 bits per heavy atom. The second kappa shape index (κ2) is 4.31. The van der Waals surface area contributed by atoms with E-state index >= 15 is 0 Å². The topological polar surface area (TPSA) is 54.0 Å². The summed E-state index contributed by atoms with van der Waals surface area (Å²) in [6.07, 6.45) is 1.47. The molecule has 2 aliphatic rings. The molecular weight excluding hydrogens is 212 g/mol. The number of fused-ring (bicyclic) bond motifs is 2.